The maximum Gasteiger partial charge on any atom is 0.326 e. The van der Waals surface area contributed by atoms with Gasteiger partial charge in [0.2, 0.25) is 17.7 Å². The maximum atomic E-state index is 12.5. The van der Waals surface area contributed by atoms with Gasteiger partial charge in [-0.05, 0) is 30.4 Å². The molecular formula is C23H31N5O7. The summed E-state index contributed by atoms with van der Waals surface area (Å²) in [6, 6.07) is 3.89. The predicted octanol–water partition coefficient (Wildman–Crippen LogP) is -0.271. The zero-order valence-corrected chi connectivity index (χ0v) is 19.5. The van der Waals surface area contributed by atoms with E-state index in [1.807, 2.05) is 24.3 Å². The fraction of sp³-hybridized carbons (Fsp3) is 0.435. The fourth-order valence-corrected chi connectivity index (χ4v) is 3.52. The smallest absolute Gasteiger partial charge is 0.326 e. The van der Waals surface area contributed by atoms with Crippen molar-refractivity contribution in [1.82, 2.24) is 20.9 Å². The first-order valence-corrected chi connectivity index (χ1v) is 11.1. The van der Waals surface area contributed by atoms with E-state index in [1.54, 1.807) is 20.0 Å². The van der Waals surface area contributed by atoms with Crippen molar-refractivity contribution in [2.45, 2.75) is 51.2 Å². The Bertz CT molecular complexity index is 1080. The summed E-state index contributed by atoms with van der Waals surface area (Å²) in [6.07, 6.45) is 1.38. The third-order valence-corrected chi connectivity index (χ3v) is 5.23. The molecule has 0 bridgehead atoms. The lowest BCUT2D eigenvalue weighted by molar-refractivity contribution is -0.147. The Morgan fingerprint density at radius 1 is 1.00 bits per heavy atom. The molecule has 3 unspecified atom stereocenters. The van der Waals surface area contributed by atoms with Crippen molar-refractivity contribution in [3.63, 3.8) is 0 Å². The molecule has 0 aliphatic rings. The highest BCUT2D eigenvalue weighted by atomic mass is 16.4. The molecule has 0 aliphatic carbocycles. The van der Waals surface area contributed by atoms with E-state index in [-0.39, 0.29) is 18.8 Å². The number of fused-ring (bicyclic) bond motifs is 1. The quantitative estimate of drug-likeness (QED) is 0.199. The van der Waals surface area contributed by atoms with Gasteiger partial charge in [0.05, 0.1) is 19.0 Å². The monoisotopic (exact) mass is 489 g/mol. The lowest BCUT2D eigenvalue weighted by Crippen LogP contribution is -2.54. The number of aromatic amines is 1. The molecule has 1 aromatic carbocycles. The molecule has 0 aliphatic heterocycles. The number of carboxylic acids is 2. The topological polar surface area (TPSA) is 204 Å². The van der Waals surface area contributed by atoms with Crippen molar-refractivity contribution < 1.29 is 34.2 Å². The summed E-state index contributed by atoms with van der Waals surface area (Å²) in [5.74, 6) is -5.01. The van der Waals surface area contributed by atoms with E-state index in [0.29, 0.717) is 0 Å². The number of aliphatic carboxylic acids is 2. The van der Waals surface area contributed by atoms with E-state index < -0.39 is 60.8 Å². The van der Waals surface area contributed by atoms with Crippen LogP contribution < -0.4 is 21.7 Å². The molecule has 3 amide bonds. The lowest BCUT2D eigenvalue weighted by atomic mass is 10.0. The van der Waals surface area contributed by atoms with Gasteiger partial charge in [-0.15, -0.1) is 0 Å². The Hall–Kier alpha value is -3.93. The molecule has 12 nitrogen and oxygen atoms in total. The van der Waals surface area contributed by atoms with Crippen LogP contribution in [0.2, 0.25) is 0 Å². The number of nitrogens with one attached hydrogen (secondary N) is 4. The van der Waals surface area contributed by atoms with Gasteiger partial charge in [0.1, 0.15) is 12.1 Å². The number of benzene rings is 1. The van der Waals surface area contributed by atoms with Crippen LogP contribution >= 0.6 is 0 Å². The minimum absolute atomic E-state index is 0.0482. The Kier molecular flexibility index (Phi) is 9.76. The van der Waals surface area contributed by atoms with Crippen LogP contribution in [0.5, 0.6) is 0 Å². The number of carboxylic acid groups (broad SMARTS) is 2. The standard InChI is InChI=1S/C23H31N5O7/c1-12(2)7-17(22(33)28-18(23(34)35)9-20(30)31)27-19(29)11-26-21(32)15(24)8-13-10-25-16-6-4-3-5-14(13)16/h3-6,10,12,15,17-18,25H,7-9,11,24H2,1-2H3,(H,26,32)(H,27,29)(H,28,33)(H,30,31)(H,34,35). The molecular weight excluding hydrogens is 458 g/mol. The predicted molar refractivity (Wildman–Crippen MR) is 126 cm³/mol. The minimum atomic E-state index is -1.64. The maximum absolute atomic E-state index is 12.5. The molecule has 3 atom stereocenters. The van der Waals surface area contributed by atoms with Crippen molar-refractivity contribution in [2.24, 2.45) is 11.7 Å². The van der Waals surface area contributed by atoms with Crippen molar-refractivity contribution in [3.05, 3.63) is 36.0 Å². The summed E-state index contributed by atoms with van der Waals surface area (Å²) >= 11 is 0. The number of hydrogen-bond acceptors (Lipinski definition) is 6. The SMILES string of the molecule is CC(C)CC(NC(=O)CNC(=O)C(N)Cc1c[nH]c2ccccc12)C(=O)NC(CC(=O)O)C(=O)O. The minimum Gasteiger partial charge on any atom is -0.481 e. The van der Waals surface area contributed by atoms with E-state index in [9.17, 15) is 24.0 Å². The van der Waals surface area contributed by atoms with E-state index in [2.05, 4.69) is 20.9 Å². The second kappa shape index (κ2) is 12.5. The Labute approximate surface area is 201 Å². The van der Waals surface area contributed by atoms with Crippen LogP contribution in [-0.2, 0) is 30.4 Å². The Balaban J connectivity index is 1.92. The molecule has 0 saturated heterocycles. The molecule has 35 heavy (non-hydrogen) atoms. The zero-order chi connectivity index (χ0) is 26.1. The van der Waals surface area contributed by atoms with E-state index in [0.717, 1.165) is 16.5 Å². The highest BCUT2D eigenvalue weighted by Crippen LogP contribution is 2.18. The van der Waals surface area contributed by atoms with Gasteiger partial charge in [-0.1, -0.05) is 32.0 Å². The molecule has 2 rings (SSSR count). The van der Waals surface area contributed by atoms with Gasteiger partial charge in [-0.3, -0.25) is 19.2 Å². The number of H-pyrrole nitrogens is 1. The molecule has 8 N–H and O–H groups in total. The summed E-state index contributed by atoms with van der Waals surface area (Å²) in [6.45, 7) is 3.15. The van der Waals surface area contributed by atoms with Crippen LogP contribution in [0.4, 0.5) is 0 Å². The van der Waals surface area contributed by atoms with Gasteiger partial charge in [0, 0.05) is 17.1 Å². The van der Waals surface area contributed by atoms with Crippen LogP contribution in [0.15, 0.2) is 30.5 Å². The third kappa shape index (κ3) is 8.41. The number of carbonyl (C=O) groups is 5. The van der Waals surface area contributed by atoms with E-state index in [1.165, 1.54) is 0 Å². The summed E-state index contributed by atoms with van der Waals surface area (Å²) in [7, 11) is 0. The number of rotatable bonds is 13. The van der Waals surface area contributed by atoms with E-state index >= 15 is 0 Å². The summed E-state index contributed by atoms with van der Waals surface area (Å²) in [5, 5.41) is 25.9. The number of amides is 3. The number of hydrogen-bond donors (Lipinski definition) is 7. The Morgan fingerprint density at radius 2 is 1.69 bits per heavy atom. The van der Waals surface area contributed by atoms with Crippen LogP contribution in [0.25, 0.3) is 10.9 Å². The summed E-state index contributed by atoms with van der Waals surface area (Å²) < 4.78 is 0. The molecule has 2 aromatic rings. The van der Waals surface area contributed by atoms with Gasteiger partial charge >= 0.3 is 11.9 Å². The fourth-order valence-electron chi connectivity index (χ4n) is 3.52. The number of carbonyl (C=O) groups excluding carboxylic acids is 3. The van der Waals surface area contributed by atoms with Crippen molar-refractivity contribution >= 4 is 40.6 Å². The van der Waals surface area contributed by atoms with Crippen LogP contribution in [0.3, 0.4) is 0 Å². The third-order valence-electron chi connectivity index (χ3n) is 5.23. The van der Waals surface area contributed by atoms with Crippen molar-refractivity contribution in [2.75, 3.05) is 6.54 Å². The highest BCUT2D eigenvalue weighted by Gasteiger charge is 2.29. The van der Waals surface area contributed by atoms with Gasteiger partial charge in [0.25, 0.3) is 0 Å². The summed E-state index contributed by atoms with van der Waals surface area (Å²) in [5.41, 5.74) is 7.77. The molecule has 1 heterocycles. The number of para-hydroxylation sites is 1. The van der Waals surface area contributed by atoms with E-state index in [4.69, 9.17) is 15.9 Å². The molecule has 0 spiro atoms. The number of aromatic nitrogens is 1. The van der Waals surface area contributed by atoms with Crippen LogP contribution in [0.1, 0.15) is 32.3 Å². The zero-order valence-electron chi connectivity index (χ0n) is 19.5. The average Bonchev–Trinajstić information content (AvgIpc) is 3.18. The molecule has 190 valence electrons. The number of nitrogens with two attached hydrogens (primary N) is 1. The average molecular weight is 490 g/mol. The highest BCUT2D eigenvalue weighted by molar-refractivity contribution is 5.93. The Morgan fingerprint density at radius 3 is 2.31 bits per heavy atom. The summed E-state index contributed by atoms with van der Waals surface area (Å²) in [4.78, 5) is 62.5. The largest absolute Gasteiger partial charge is 0.481 e. The first-order chi connectivity index (χ1) is 16.5. The molecule has 0 radical (unpaired) electrons. The van der Waals surface area contributed by atoms with Gasteiger partial charge in [0.15, 0.2) is 0 Å². The first-order valence-electron chi connectivity index (χ1n) is 11.1. The van der Waals surface area contributed by atoms with Gasteiger partial charge in [-0.25, -0.2) is 4.79 Å². The molecule has 12 heteroatoms. The van der Waals surface area contributed by atoms with Crippen molar-refractivity contribution in [3.8, 4) is 0 Å². The van der Waals surface area contributed by atoms with Gasteiger partial charge in [-0.2, -0.15) is 0 Å². The first kappa shape index (κ1) is 27.3. The van der Waals surface area contributed by atoms with Gasteiger partial charge < -0.3 is 36.9 Å². The van der Waals surface area contributed by atoms with Crippen LogP contribution in [-0.4, -0.2) is 69.5 Å². The molecule has 0 fully saturated rings. The normalized spacial score (nSPS) is 13.6. The second-order valence-corrected chi connectivity index (χ2v) is 8.63. The van der Waals surface area contributed by atoms with Crippen LogP contribution in [0, 0.1) is 5.92 Å². The van der Waals surface area contributed by atoms with Crippen molar-refractivity contribution in [1.29, 1.82) is 0 Å². The lowest BCUT2D eigenvalue weighted by Gasteiger charge is -2.22. The molecule has 0 saturated carbocycles. The molecule has 1 aromatic heterocycles. The second-order valence-electron chi connectivity index (χ2n) is 8.63.